The number of anilines is 2. The molecule has 2 unspecified atom stereocenters. The molecule has 1 aromatic carbocycles. The van der Waals surface area contributed by atoms with E-state index in [2.05, 4.69) is 26.1 Å². The van der Waals surface area contributed by atoms with E-state index in [1.165, 1.54) is 0 Å². The summed E-state index contributed by atoms with van der Waals surface area (Å²) in [5, 5.41) is 2.91. The number of nitrogens with two attached hydrogens (primary N) is 1. The molecule has 2 saturated heterocycles. The minimum atomic E-state index is -0.00299. The van der Waals surface area contributed by atoms with Crippen LogP contribution in [0.25, 0.3) is 0 Å². The molecule has 1 amide bonds. The van der Waals surface area contributed by atoms with Gasteiger partial charge in [0.15, 0.2) is 0 Å². The van der Waals surface area contributed by atoms with Crippen molar-refractivity contribution in [1.82, 2.24) is 4.90 Å². The van der Waals surface area contributed by atoms with E-state index in [4.69, 9.17) is 10.5 Å². The lowest BCUT2D eigenvalue weighted by atomic mass is 10.2. The molecule has 2 aliphatic rings. The Hall–Kier alpha value is -1.11. The number of amides is 1. The van der Waals surface area contributed by atoms with Crippen LogP contribution in [0.5, 0.6) is 0 Å². The zero-order valence-electron chi connectivity index (χ0n) is 11.1. The molecule has 0 radical (unpaired) electrons. The molecular weight excluding hydrogens is 322 g/mol. The maximum atomic E-state index is 12.1. The highest BCUT2D eigenvalue weighted by molar-refractivity contribution is 9.10. The van der Waals surface area contributed by atoms with Crippen molar-refractivity contribution in [2.45, 2.75) is 25.0 Å². The van der Waals surface area contributed by atoms with Crippen LogP contribution in [-0.4, -0.2) is 42.6 Å². The van der Waals surface area contributed by atoms with Gasteiger partial charge in [0, 0.05) is 23.2 Å². The fourth-order valence-corrected chi connectivity index (χ4v) is 3.35. The Morgan fingerprint density at radius 1 is 1.40 bits per heavy atom. The van der Waals surface area contributed by atoms with Gasteiger partial charge in [0.05, 0.1) is 24.4 Å². The normalized spacial score (nSPS) is 25.6. The van der Waals surface area contributed by atoms with Gasteiger partial charge in [0.25, 0.3) is 0 Å². The van der Waals surface area contributed by atoms with Gasteiger partial charge in [-0.05, 0) is 47.0 Å². The lowest BCUT2D eigenvalue weighted by molar-refractivity contribution is -0.119. The fraction of sp³-hybridized carbons (Fsp3) is 0.500. The van der Waals surface area contributed by atoms with Crippen molar-refractivity contribution in [3.05, 3.63) is 22.7 Å². The molecule has 2 aliphatic heterocycles. The van der Waals surface area contributed by atoms with Crippen LogP contribution in [0.1, 0.15) is 12.8 Å². The van der Waals surface area contributed by atoms with E-state index >= 15 is 0 Å². The average molecular weight is 340 g/mol. The highest BCUT2D eigenvalue weighted by atomic mass is 79.9. The third kappa shape index (κ3) is 3.13. The number of morpholine rings is 1. The van der Waals surface area contributed by atoms with Crippen LogP contribution < -0.4 is 11.1 Å². The molecule has 2 atom stereocenters. The largest absolute Gasteiger partial charge is 0.399 e. The Kier molecular flexibility index (Phi) is 3.96. The fourth-order valence-electron chi connectivity index (χ4n) is 2.85. The summed E-state index contributed by atoms with van der Waals surface area (Å²) in [6.07, 6.45) is 2.85. The molecular formula is C14H18BrN3O2. The number of likely N-dealkylation sites (tertiary alicyclic amines) is 1. The average Bonchev–Trinajstić information content (AvgIpc) is 2.72. The van der Waals surface area contributed by atoms with Gasteiger partial charge in [-0.25, -0.2) is 0 Å². The van der Waals surface area contributed by atoms with Gasteiger partial charge >= 0.3 is 0 Å². The zero-order chi connectivity index (χ0) is 14.1. The van der Waals surface area contributed by atoms with Crippen LogP contribution in [0, 0.1) is 0 Å². The van der Waals surface area contributed by atoms with Gasteiger partial charge in [-0.1, -0.05) is 0 Å². The number of hydrogen-bond donors (Lipinski definition) is 2. The summed E-state index contributed by atoms with van der Waals surface area (Å²) < 4.78 is 6.56. The maximum Gasteiger partial charge on any atom is 0.238 e. The molecule has 0 aliphatic carbocycles. The lowest BCUT2D eigenvalue weighted by Gasteiger charge is -2.31. The molecule has 6 heteroatoms. The van der Waals surface area contributed by atoms with Crippen molar-refractivity contribution in [2.75, 3.05) is 30.7 Å². The van der Waals surface area contributed by atoms with Gasteiger partial charge in [-0.3, -0.25) is 9.69 Å². The van der Waals surface area contributed by atoms with Crippen molar-refractivity contribution in [3.8, 4) is 0 Å². The molecule has 108 valence electrons. The SMILES string of the molecule is Nc1ccc(NC(=O)CN2CC3CCC(C2)O3)c(Br)c1. The summed E-state index contributed by atoms with van der Waals surface area (Å²) in [6.45, 7) is 2.12. The van der Waals surface area contributed by atoms with Gasteiger partial charge in [-0.2, -0.15) is 0 Å². The van der Waals surface area contributed by atoms with Crippen molar-refractivity contribution in [1.29, 1.82) is 0 Å². The van der Waals surface area contributed by atoms with Crippen LogP contribution in [0.3, 0.4) is 0 Å². The minimum absolute atomic E-state index is 0.00299. The Morgan fingerprint density at radius 3 is 2.75 bits per heavy atom. The van der Waals surface area contributed by atoms with E-state index in [1.807, 2.05) is 0 Å². The number of hydrogen-bond acceptors (Lipinski definition) is 4. The summed E-state index contributed by atoms with van der Waals surface area (Å²) >= 11 is 3.40. The number of nitrogens with one attached hydrogen (secondary N) is 1. The third-order valence-corrected chi connectivity index (χ3v) is 4.41. The van der Waals surface area contributed by atoms with E-state index in [0.717, 1.165) is 36.1 Å². The van der Waals surface area contributed by atoms with Gasteiger partial charge in [0.1, 0.15) is 0 Å². The van der Waals surface area contributed by atoms with Crippen molar-refractivity contribution in [2.24, 2.45) is 0 Å². The number of ether oxygens (including phenoxy) is 1. The van der Waals surface area contributed by atoms with E-state index in [9.17, 15) is 4.79 Å². The van der Waals surface area contributed by atoms with Crippen molar-refractivity contribution >= 4 is 33.2 Å². The first-order valence-electron chi connectivity index (χ1n) is 6.83. The molecule has 20 heavy (non-hydrogen) atoms. The van der Waals surface area contributed by atoms with E-state index in [-0.39, 0.29) is 5.91 Å². The van der Waals surface area contributed by atoms with E-state index in [1.54, 1.807) is 18.2 Å². The Morgan fingerprint density at radius 2 is 2.10 bits per heavy atom. The molecule has 3 N–H and O–H groups in total. The molecule has 3 rings (SSSR count). The van der Waals surface area contributed by atoms with Crippen LogP contribution in [0.2, 0.25) is 0 Å². The summed E-state index contributed by atoms with van der Waals surface area (Å²) in [7, 11) is 0. The standard InChI is InChI=1S/C14H18BrN3O2/c15-12-5-9(16)1-4-13(12)17-14(19)8-18-6-10-2-3-11(7-18)20-10/h1,4-5,10-11H,2-3,6-8,16H2,(H,17,19). The Labute approximate surface area is 126 Å². The summed E-state index contributed by atoms with van der Waals surface area (Å²) in [5.41, 5.74) is 7.10. The predicted molar refractivity (Wildman–Crippen MR) is 81.5 cm³/mol. The number of benzene rings is 1. The third-order valence-electron chi connectivity index (χ3n) is 3.75. The predicted octanol–water partition coefficient (Wildman–Crippen LogP) is 1.83. The molecule has 0 saturated carbocycles. The molecule has 2 heterocycles. The monoisotopic (exact) mass is 339 g/mol. The number of carbonyl (C=O) groups excluding carboxylic acids is 1. The number of nitrogens with zero attached hydrogens (tertiary/aromatic N) is 1. The molecule has 1 aromatic rings. The minimum Gasteiger partial charge on any atom is -0.399 e. The molecule has 5 nitrogen and oxygen atoms in total. The summed E-state index contributed by atoms with van der Waals surface area (Å²) in [5.74, 6) is -0.00299. The second-order valence-corrected chi connectivity index (χ2v) is 6.29. The molecule has 2 fully saturated rings. The second-order valence-electron chi connectivity index (χ2n) is 5.44. The molecule has 0 spiro atoms. The Bertz CT molecular complexity index is 511. The summed E-state index contributed by atoms with van der Waals surface area (Å²) in [4.78, 5) is 14.3. The number of nitrogen functional groups attached to an aromatic ring is 1. The van der Waals surface area contributed by atoms with Crippen molar-refractivity contribution < 1.29 is 9.53 Å². The first kappa shape index (κ1) is 13.9. The topological polar surface area (TPSA) is 67.6 Å². The smallest absolute Gasteiger partial charge is 0.238 e. The van der Waals surface area contributed by atoms with Crippen LogP contribution in [0.15, 0.2) is 22.7 Å². The number of carbonyl (C=O) groups is 1. The van der Waals surface area contributed by atoms with Gasteiger partial charge in [0.2, 0.25) is 5.91 Å². The molecule has 0 aromatic heterocycles. The number of halogens is 1. The maximum absolute atomic E-state index is 12.1. The number of fused-ring (bicyclic) bond motifs is 2. The number of rotatable bonds is 3. The van der Waals surface area contributed by atoms with E-state index < -0.39 is 0 Å². The lowest BCUT2D eigenvalue weighted by Crippen LogP contribution is -2.45. The van der Waals surface area contributed by atoms with Crippen molar-refractivity contribution in [3.63, 3.8) is 0 Å². The highest BCUT2D eigenvalue weighted by Gasteiger charge is 2.34. The van der Waals surface area contributed by atoms with Crippen LogP contribution in [-0.2, 0) is 9.53 Å². The van der Waals surface area contributed by atoms with Crippen LogP contribution >= 0.6 is 15.9 Å². The highest BCUT2D eigenvalue weighted by Crippen LogP contribution is 2.27. The van der Waals surface area contributed by atoms with Gasteiger partial charge < -0.3 is 15.8 Å². The Balaban J connectivity index is 1.57. The van der Waals surface area contributed by atoms with Crippen LogP contribution in [0.4, 0.5) is 11.4 Å². The molecule has 2 bridgehead atoms. The zero-order valence-corrected chi connectivity index (χ0v) is 12.7. The first-order chi connectivity index (χ1) is 9.60. The quantitative estimate of drug-likeness (QED) is 0.824. The van der Waals surface area contributed by atoms with E-state index in [0.29, 0.717) is 24.4 Å². The first-order valence-corrected chi connectivity index (χ1v) is 7.62. The van der Waals surface area contributed by atoms with Gasteiger partial charge in [-0.15, -0.1) is 0 Å². The summed E-state index contributed by atoms with van der Waals surface area (Å²) in [6, 6.07) is 5.36. The second kappa shape index (κ2) is 5.71.